The lowest BCUT2D eigenvalue weighted by molar-refractivity contribution is 0.171. The van der Waals surface area contributed by atoms with Crippen molar-refractivity contribution < 1.29 is 9.47 Å². The highest BCUT2D eigenvalue weighted by atomic mass is 16.6. The van der Waals surface area contributed by atoms with Crippen LogP contribution in [0.25, 0.3) is 5.57 Å². The van der Waals surface area contributed by atoms with Gasteiger partial charge >= 0.3 is 0 Å². The molecule has 2 aromatic carbocycles. The van der Waals surface area contributed by atoms with E-state index in [0.717, 1.165) is 48.6 Å². The molecular formula is C22H25N3O2. The van der Waals surface area contributed by atoms with Crippen molar-refractivity contribution in [3.63, 3.8) is 0 Å². The molecule has 4 rings (SSSR count). The first-order valence-electron chi connectivity index (χ1n) is 9.41. The van der Waals surface area contributed by atoms with E-state index in [4.69, 9.17) is 20.6 Å². The van der Waals surface area contributed by atoms with Gasteiger partial charge in [0.15, 0.2) is 11.5 Å². The van der Waals surface area contributed by atoms with Crippen LogP contribution in [-0.4, -0.2) is 32.5 Å². The highest BCUT2D eigenvalue weighted by Gasteiger charge is 2.36. The van der Waals surface area contributed by atoms with Crippen LogP contribution in [-0.2, 0) is 5.41 Å². The highest BCUT2D eigenvalue weighted by Crippen LogP contribution is 2.43. The molecule has 1 fully saturated rings. The molecule has 5 heteroatoms. The summed E-state index contributed by atoms with van der Waals surface area (Å²) in [5.74, 6) is 1.67. The summed E-state index contributed by atoms with van der Waals surface area (Å²) in [5.41, 5.74) is 9.80. The van der Waals surface area contributed by atoms with Crippen LogP contribution in [0.3, 0.4) is 0 Å². The predicted molar refractivity (Wildman–Crippen MR) is 108 cm³/mol. The Balaban J connectivity index is 1.76. The van der Waals surface area contributed by atoms with E-state index < -0.39 is 0 Å². The molecule has 0 amide bonds. The number of fused-ring (bicyclic) bond motifs is 1. The number of nitrogens with two attached hydrogens (primary N) is 1. The third kappa shape index (κ3) is 3.19. The Hall–Kier alpha value is -2.79. The molecule has 0 aromatic heterocycles. The number of piperidine rings is 1. The molecule has 0 atom stereocenters. The van der Waals surface area contributed by atoms with Crippen LogP contribution in [0.15, 0.2) is 48.7 Å². The maximum Gasteiger partial charge on any atom is 0.161 e. The fourth-order valence-electron chi connectivity index (χ4n) is 4.15. The molecule has 5 nitrogen and oxygen atoms in total. The van der Waals surface area contributed by atoms with Crippen molar-refractivity contribution in [1.29, 1.82) is 5.41 Å². The maximum absolute atomic E-state index is 7.50. The van der Waals surface area contributed by atoms with Crippen LogP contribution < -0.4 is 20.5 Å². The summed E-state index contributed by atoms with van der Waals surface area (Å²) in [4.78, 5) is 0. The van der Waals surface area contributed by atoms with Gasteiger partial charge in [-0.3, -0.25) is 0 Å². The summed E-state index contributed by atoms with van der Waals surface area (Å²) in [5, 5.41) is 11.0. The molecule has 2 heterocycles. The lowest BCUT2D eigenvalue weighted by Gasteiger charge is -2.39. The Morgan fingerprint density at radius 1 is 0.963 bits per heavy atom. The number of benzene rings is 2. The average molecular weight is 363 g/mol. The Morgan fingerprint density at radius 2 is 1.63 bits per heavy atom. The van der Waals surface area contributed by atoms with E-state index in [2.05, 4.69) is 41.7 Å². The molecule has 0 aliphatic carbocycles. The zero-order valence-electron chi connectivity index (χ0n) is 15.3. The van der Waals surface area contributed by atoms with E-state index in [9.17, 15) is 0 Å². The molecular weight excluding hydrogens is 338 g/mol. The lowest BCUT2D eigenvalue weighted by Crippen LogP contribution is -2.40. The van der Waals surface area contributed by atoms with Crippen LogP contribution in [0.2, 0.25) is 0 Å². The van der Waals surface area contributed by atoms with Gasteiger partial charge in [0, 0.05) is 23.4 Å². The van der Waals surface area contributed by atoms with Crippen LogP contribution in [0, 0.1) is 5.41 Å². The Labute approximate surface area is 159 Å². The fourth-order valence-corrected chi connectivity index (χ4v) is 4.15. The Morgan fingerprint density at radius 3 is 2.30 bits per heavy atom. The standard InChI is InChI=1S/C22H25N3O2/c23-14-17(15-24)16-1-3-18(4-2-16)22(7-9-25-10-8-22)19-5-6-20-21(13-19)27-12-11-26-20/h1-6,13-15,23,25H,7-12,24H2/b17-15+,23-14?. The Bertz CT molecular complexity index is 852. The minimum atomic E-state index is -0.0586. The second-order valence-corrected chi connectivity index (χ2v) is 7.03. The summed E-state index contributed by atoms with van der Waals surface area (Å²) < 4.78 is 11.5. The smallest absolute Gasteiger partial charge is 0.161 e. The normalized spacial score (nSPS) is 18.7. The van der Waals surface area contributed by atoms with E-state index in [1.165, 1.54) is 23.5 Å². The number of nitrogens with one attached hydrogen (secondary N) is 2. The zero-order valence-corrected chi connectivity index (χ0v) is 15.3. The van der Waals surface area contributed by atoms with Gasteiger partial charge < -0.3 is 25.9 Å². The summed E-state index contributed by atoms with van der Waals surface area (Å²) in [7, 11) is 0. The van der Waals surface area contributed by atoms with Gasteiger partial charge in [0.25, 0.3) is 0 Å². The first-order valence-corrected chi connectivity index (χ1v) is 9.41. The second kappa shape index (κ2) is 7.45. The second-order valence-electron chi connectivity index (χ2n) is 7.03. The molecule has 0 spiro atoms. The van der Waals surface area contributed by atoms with E-state index in [1.54, 1.807) is 0 Å². The van der Waals surface area contributed by atoms with Crippen molar-refractivity contribution in [2.24, 2.45) is 5.73 Å². The van der Waals surface area contributed by atoms with Gasteiger partial charge in [-0.15, -0.1) is 0 Å². The van der Waals surface area contributed by atoms with Gasteiger partial charge in [0.2, 0.25) is 0 Å². The van der Waals surface area contributed by atoms with Gasteiger partial charge in [0.05, 0.1) is 0 Å². The SMILES string of the molecule is N=C/C(=C\N)c1ccc(C2(c3ccc4c(c3)OCCO4)CCNCC2)cc1. The highest BCUT2D eigenvalue weighted by molar-refractivity contribution is 6.08. The quantitative estimate of drug-likeness (QED) is 0.729. The maximum atomic E-state index is 7.50. The van der Waals surface area contributed by atoms with E-state index in [-0.39, 0.29) is 5.41 Å². The summed E-state index contributed by atoms with van der Waals surface area (Å²) in [6.45, 7) is 3.15. The van der Waals surface area contributed by atoms with E-state index >= 15 is 0 Å². The van der Waals surface area contributed by atoms with Crippen molar-refractivity contribution in [3.05, 3.63) is 65.4 Å². The van der Waals surface area contributed by atoms with Crippen molar-refractivity contribution in [2.75, 3.05) is 26.3 Å². The summed E-state index contributed by atoms with van der Waals surface area (Å²) in [6.07, 6.45) is 4.81. The number of allylic oxidation sites excluding steroid dienone is 1. The van der Waals surface area contributed by atoms with Crippen LogP contribution in [0.1, 0.15) is 29.5 Å². The van der Waals surface area contributed by atoms with Gasteiger partial charge in [-0.05, 0) is 54.8 Å². The number of hydrogen-bond donors (Lipinski definition) is 3. The molecule has 0 bridgehead atoms. The van der Waals surface area contributed by atoms with E-state index in [0.29, 0.717) is 13.2 Å². The molecule has 0 saturated carbocycles. The van der Waals surface area contributed by atoms with Crippen LogP contribution in [0.4, 0.5) is 0 Å². The van der Waals surface area contributed by atoms with Gasteiger partial charge in [-0.1, -0.05) is 30.3 Å². The minimum absolute atomic E-state index is 0.0586. The van der Waals surface area contributed by atoms with Crippen molar-refractivity contribution in [1.82, 2.24) is 5.32 Å². The molecule has 140 valence electrons. The van der Waals surface area contributed by atoms with Gasteiger partial charge in [-0.25, -0.2) is 0 Å². The van der Waals surface area contributed by atoms with Crippen molar-refractivity contribution >= 4 is 11.8 Å². The molecule has 27 heavy (non-hydrogen) atoms. The largest absolute Gasteiger partial charge is 0.486 e. The van der Waals surface area contributed by atoms with Gasteiger partial charge in [0.1, 0.15) is 13.2 Å². The average Bonchev–Trinajstić information content (AvgIpc) is 2.75. The molecule has 2 aliphatic rings. The van der Waals surface area contributed by atoms with Gasteiger partial charge in [-0.2, -0.15) is 0 Å². The number of ether oxygens (including phenoxy) is 2. The third-order valence-electron chi connectivity index (χ3n) is 5.66. The first-order chi connectivity index (χ1) is 13.3. The number of hydrogen-bond acceptors (Lipinski definition) is 5. The molecule has 0 radical (unpaired) electrons. The van der Waals surface area contributed by atoms with Crippen LogP contribution in [0.5, 0.6) is 11.5 Å². The third-order valence-corrected chi connectivity index (χ3v) is 5.66. The molecule has 2 aliphatic heterocycles. The topological polar surface area (TPSA) is 80.4 Å². The zero-order chi connectivity index (χ0) is 18.7. The number of rotatable bonds is 4. The monoisotopic (exact) mass is 363 g/mol. The van der Waals surface area contributed by atoms with Crippen molar-refractivity contribution in [2.45, 2.75) is 18.3 Å². The molecule has 4 N–H and O–H groups in total. The lowest BCUT2D eigenvalue weighted by atomic mass is 9.68. The predicted octanol–water partition coefficient (Wildman–Crippen LogP) is 3.08. The molecule has 1 saturated heterocycles. The minimum Gasteiger partial charge on any atom is -0.486 e. The molecule has 0 unspecified atom stereocenters. The van der Waals surface area contributed by atoms with Crippen LogP contribution >= 0.6 is 0 Å². The first kappa shape index (κ1) is 17.6. The Kier molecular flexibility index (Phi) is 4.86. The van der Waals surface area contributed by atoms with Crippen molar-refractivity contribution in [3.8, 4) is 11.5 Å². The fraction of sp³-hybridized carbons (Fsp3) is 0.318. The van der Waals surface area contributed by atoms with E-state index in [1.807, 2.05) is 6.07 Å². The summed E-state index contributed by atoms with van der Waals surface area (Å²) in [6, 6.07) is 14.8. The summed E-state index contributed by atoms with van der Waals surface area (Å²) >= 11 is 0. The molecule has 2 aromatic rings.